The van der Waals surface area contributed by atoms with Gasteiger partial charge in [0.2, 0.25) is 21.8 Å². The number of sulfonamides is 1. The van der Waals surface area contributed by atoms with E-state index in [9.17, 15) is 18.0 Å². The number of ether oxygens (including phenoxy) is 1. The molecule has 0 saturated heterocycles. The van der Waals surface area contributed by atoms with E-state index in [0.717, 1.165) is 34.7 Å². The van der Waals surface area contributed by atoms with Crippen LogP contribution in [0.3, 0.4) is 0 Å². The van der Waals surface area contributed by atoms with Gasteiger partial charge in [0, 0.05) is 36.9 Å². The smallest absolute Gasteiger partial charge is 0.243 e. The topological polar surface area (TPSA) is 96.0 Å². The summed E-state index contributed by atoms with van der Waals surface area (Å²) in [7, 11) is -3.65. The summed E-state index contributed by atoms with van der Waals surface area (Å²) in [4.78, 5) is 29.2. The Morgan fingerprint density at radius 1 is 0.930 bits per heavy atom. The predicted molar refractivity (Wildman–Crippen MR) is 176 cm³/mol. The van der Waals surface area contributed by atoms with Crippen molar-refractivity contribution in [2.24, 2.45) is 0 Å². The molecule has 0 saturated carbocycles. The molecule has 0 fully saturated rings. The molecule has 0 aromatic heterocycles. The first-order valence-electron chi connectivity index (χ1n) is 14.7. The summed E-state index contributed by atoms with van der Waals surface area (Å²) in [6.07, 6.45) is 3.60. The number of hydrogen-bond acceptors (Lipinski definition) is 5. The first-order valence-corrected chi connectivity index (χ1v) is 17.3. The number of amides is 2. The Hall–Kier alpha value is -3.37. The standard InChI is InChI=1S/C33H42BrN3O5S/c1-4-6-21-35-33(39)30(24-26-14-8-7-9-15-26)36(25-27-16-12-17-28(34)23-27)32(38)20-13-22-37(43(3,40)41)29-18-10-11-19-31(29)42-5-2/h7-12,14-19,23,30H,4-6,13,20-22,24-25H2,1-3H3,(H,35,39). The third kappa shape index (κ3) is 10.7. The van der Waals surface area contributed by atoms with E-state index in [-0.39, 0.29) is 37.7 Å². The van der Waals surface area contributed by atoms with Crippen LogP contribution >= 0.6 is 15.9 Å². The number of benzene rings is 3. The molecule has 1 atom stereocenters. The van der Waals surface area contributed by atoms with Crippen LogP contribution in [0.5, 0.6) is 5.75 Å². The Kier molecular flexibility index (Phi) is 13.5. The quantitative estimate of drug-likeness (QED) is 0.179. The van der Waals surface area contributed by atoms with Crippen molar-refractivity contribution in [3.05, 3.63) is 94.5 Å². The van der Waals surface area contributed by atoms with Crippen LogP contribution in [0.1, 0.15) is 50.7 Å². The van der Waals surface area contributed by atoms with Gasteiger partial charge in [0.1, 0.15) is 11.8 Å². The lowest BCUT2D eigenvalue weighted by Crippen LogP contribution is -2.50. The summed E-state index contributed by atoms with van der Waals surface area (Å²) < 4.78 is 33.5. The molecular formula is C33H42BrN3O5S. The maximum atomic E-state index is 14.0. The lowest BCUT2D eigenvalue weighted by molar-refractivity contribution is -0.141. The van der Waals surface area contributed by atoms with E-state index >= 15 is 0 Å². The summed E-state index contributed by atoms with van der Waals surface area (Å²) >= 11 is 3.51. The van der Waals surface area contributed by atoms with Gasteiger partial charge in [0.15, 0.2) is 0 Å². The van der Waals surface area contributed by atoms with Gasteiger partial charge in [-0.25, -0.2) is 8.42 Å². The molecule has 0 radical (unpaired) electrons. The normalized spacial score (nSPS) is 11.9. The van der Waals surface area contributed by atoms with Crippen LogP contribution in [0.4, 0.5) is 5.69 Å². The maximum absolute atomic E-state index is 14.0. The van der Waals surface area contributed by atoms with E-state index in [1.165, 1.54) is 4.31 Å². The van der Waals surface area contributed by atoms with Gasteiger partial charge >= 0.3 is 0 Å². The van der Waals surface area contributed by atoms with Crippen LogP contribution in [0.15, 0.2) is 83.3 Å². The largest absolute Gasteiger partial charge is 0.492 e. The fraction of sp³-hybridized carbons (Fsp3) is 0.394. The molecule has 0 heterocycles. The van der Waals surface area contributed by atoms with Crippen molar-refractivity contribution in [2.75, 3.05) is 30.3 Å². The zero-order valence-electron chi connectivity index (χ0n) is 25.2. The van der Waals surface area contributed by atoms with Gasteiger partial charge in [0.25, 0.3) is 0 Å². The van der Waals surface area contributed by atoms with E-state index in [1.54, 1.807) is 29.2 Å². The molecule has 1 unspecified atom stereocenters. The number of unbranched alkanes of at least 4 members (excludes halogenated alkanes) is 1. The van der Waals surface area contributed by atoms with Crippen molar-refractivity contribution in [1.82, 2.24) is 10.2 Å². The molecular weight excluding hydrogens is 630 g/mol. The van der Waals surface area contributed by atoms with Gasteiger partial charge in [-0.2, -0.15) is 0 Å². The first kappa shape index (κ1) is 34.1. The van der Waals surface area contributed by atoms with Crippen LogP contribution in [0.2, 0.25) is 0 Å². The molecule has 0 spiro atoms. The second kappa shape index (κ2) is 17.1. The van der Waals surface area contributed by atoms with Crippen LogP contribution < -0.4 is 14.4 Å². The first-order chi connectivity index (χ1) is 20.6. The number of nitrogens with zero attached hydrogens (tertiary/aromatic N) is 2. The summed E-state index contributed by atoms with van der Waals surface area (Å²) in [5, 5.41) is 3.03. The van der Waals surface area contributed by atoms with E-state index in [4.69, 9.17) is 4.74 Å². The number of anilines is 1. The summed E-state index contributed by atoms with van der Waals surface area (Å²) in [5.74, 6) is 0.0341. The molecule has 3 aromatic carbocycles. The Balaban J connectivity index is 1.89. The van der Waals surface area contributed by atoms with Crippen molar-refractivity contribution >= 4 is 43.5 Å². The summed E-state index contributed by atoms with van der Waals surface area (Å²) in [5.41, 5.74) is 2.26. The molecule has 1 N–H and O–H groups in total. The van der Waals surface area contributed by atoms with E-state index in [2.05, 4.69) is 28.2 Å². The van der Waals surface area contributed by atoms with Crippen molar-refractivity contribution in [3.8, 4) is 5.75 Å². The average molecular weight is 673 g/mol. The minimum atomic E-state index is -3.65. The van der Waals surface area contributed by atoms with E-state index in [1.807, 2.05) is 61.5 Å². The summed E-state index contributed by atoms with van der Waals surface area (Å²) in [6.45, 7) is 5.14. The molecule has 232 valence electrons. The van der Waals surface area contributed by atoms with E-state index in [0.29, 0.717) is 31.0 Å². The van der Waals surface area contributed by atoms with Crippen molar-refractivity contribution in [2.45, 2.75) is 58.5 Å². The average Bonchev–Trinajstić information content (AvgIpc) is 2.97. The van der Waals surface area contributed by atoms with Gasteiger partial charge in [-0.1, -0.05) is 83.9 Å². The second-order valence-electron chi connectivity index (χ2n) is 10.3. The SMILES string of the molecule is CCCCNC(=O)C(Cc1ccccc1)N(Cc1cccc(Br)c1)C(=O)CCCN(c1ccccc1OCC)S(C)(=O)=O. The molecule has 0 aliphatic rings. The number of para-hydroxylation sites is 2. The molecule has 0 aliphatic heterocycles. The Morgan fingerprint density at radius 3 is 2.30 bits per heavy atom. The molecule has 0 aliphatic carbocycles. The third-order valence-corrected chi connectivity index (χ3v) is 8.60. The lowest BCUT2D eigenvalue weighted by atomic mass is 10.0. The number of halogens is 1. The minimum Gasteiger partial charge on any atom is -0.492 e. The number of rotatable bonds is 17. The maximum Gasteiger partial charge on any atom is 0.243 e. The molecule has 2 amide bonds. The van der Waals surface area contributed by atoms with Gasteiger partial charge in [-0.05, 0) is 55.2 Å². The highest BCUT2D eigenvalue weighted by molar-refractivity contribution is 9.10. The molecule has 0 bridgehead atoms. The van der Waals surface area contributed by atoms with Gasteiger partial charge in [-0.3, -0.25) is 13.9 Å². The molecule has 3 rings (SSSR count). The fourth-order valence-corrected chi connectivity index (χ4v) is 6.23. The number of carbonyl (C=O) groups excluding carboxylic acids is 2. The zero-order chi connectivity index (χ0) is 31.2. The van der Waals surface area contributed by atoms with Crippen molar-refractivity contribution < 1.29 is 22.7 Å². The Bertz CT molecular complexity index is 1440. The van der Waals surface area contributed by atoms with Crippen molar-refractivity contribution in [1.29, 1.82) is 0 Å². The van der Waals surface area contributed by atoms with Crippen LogP contribution in [-0.4, -0.2) is 57.1 Å². The number of hydrogen-bond donors (Lipinski definition) is 1. The van der Waals surface area contributed by atoms with Gasteiger partial charge in [0.05, 0.1) is 18.6 Å². The van der Waals surface area contributed by atoms with Crippen molar-refractivity contribution in [3.63, 3.8) is 0 Å². The molecule has 3 aromatic rings. The van der Waals surface area contributed by atoms with Gasteiger partial charge in [-0.15, -0.1) is 0 Å². The second-order valence-corrected chi connectivity index (χ2v) is 13.2. The molecule has 8 nitrogen and oxygen atoms in total. The predicted octanol–water partition coefficient (Wildman–Crippen LogP) is 5.95. The van der Waals surface area contributed by atoms with E-state index < -0.39 is 16.1 Å². The molecule has 43 heavy (non-hydrogen) atoms. The zero-order valence-corrected chi connectivity index (χ0v) is 27.6. The highest BCUT2D eigenvalue weighted by Crippen LogP contribution is 2.30. The Morgan fingerprint density at radius 2 is 1.63 bits per heavy atom. The van der Waals surface area contributed by atoms with Crippen LogP contribution in [0, 0.1) is 0 Å². The van der Waals surface area contributed by atoms with Gasteiger partial charge < -0.3 is 15.0 Å². The highest BCUT2D eigenvalue weighted by atomic mass is 79.9. The lowest BCUT2D eigenvalue weighted by Gasteiger charge is -2.32. The minimum absolute atomic E-state index is 0.0599. The van der Waals surface area contributed by atoms with Crippen LogP contribution in [-0.2, 0) is 32.6 Å². The van der Waals surface area contributed by atoms with Crippen LogP contribution in [0.25, 0.3) is 0 Å². The molecule has 10 heteroatoms. The fourth-order valence-electron chi connectivity index (χ4n) is 4.82. The highest BCUT2D eigenvalue weighted by Gasteiger charge is 2.30. The number of carbonyl (C=O) groups is 2. The number of nitrogens with one attached hydrogen (secondary N) is 1. The third-order valence-electron chi connectivity index (χ3n) is 6.93. The Labute approximate surface area is 264 Å². The summed E-state index contributed by atoms with van der Waals surface area (Å²) in [6, 6.07) is 23.6. The monoisotopic (exact) mass is 671 g/mol.